The van der Waals surface area contributed by atoms with Gasteiger partial charge in [0.2, 0.25) is 9.05 Å². The van der Waals surface area contributed by atoms with E-state index >= 15 is 0 Å². The Morgan fingerprint density at radius 2 is 2.00 bits per heavy atom. The average molecular weight is 268 g/mol. The van der Waals surface area contributed by atoms with Gasteiger partial charge in [-0.2, -0.15) is 5.10 Å². The molecule has 0 spiro atoms. The molecular weight excluding hydrogens is 254 g/mol. The highest BCUT2D eigenvalue weighted by molar-refractivity contribution is 8.13. The summed E-state index contributed by atoms with van der Waals surface area (Å²) in [6, 6.07) is 0. The monoisotopic (exact) mass is 267 g/mol. The standard InChI is InChI=1S/C8H14ClN3O3S/c1-6(2)7-10-12(8(13)11(7)3)4-5-16(9,14)15/h6H,4-5H2,1-3H3. The fourth-order valence-corrected chi connectivity index (χ4v) is 1.95. The summed E-state index contributed by atoms with van der Waals surface area (Å²) in [5, 5.41) is 4.06. The Kier molecular flexibility index (Phi) is 3.80. The molecule has 0 aliphatic rings. The minimum absolute atomic E-state index is 0.0226. The third-order valence-corrected chi connectivity index (χ3v) is 3.27. The quantitative estimate of drug-likeness (QED) is 0.734. The molecule has 1 aromatic heterocycles. The van der Waals surface area contributed by atoms with E-state index in [0.29, 0.717) is 5.82 Å². The maximum absolute atomic E-state index is 11.6. The van der Waals surface area contributed by atoms with Gasteiger partial charge in [0.25, 0.3) is 0 Å². The van der Waals surface area contributed by atoms with Crippen molar-refractivity contribution in [3.63, 3.8) is 0 Å². The van der Waals surface area contributed by atoms with Crippen LogP contribution in [0.4, 0.5) is 0 Å². The van der Waals surface area contributed by atoms with Crippen molar-refractivity contribution in [3.8, 4) is 0 Å². The number of aryl methyl sites for hydroxylation is 1. The molecule has 0 atom stereocenters. The minimum atomic E-state index is -3.60. The first kappa shape index (κ1) is 13.2. The lowest BCUT2D eigenvalue weighted by Gasteiger charge is -2.00. The van der Waals surface area contributed by atoms with E-state index < -0.39 is 9.05 Å². The summed E-state index contributed by atoms with van der Waals surface area (Å²) in [6.45, 7) is 3.79. The second kappa shape index (κ2) is 4.58. The van der Waals surface area contributed by atoms with Gasteiger partial charge >= 0.3 is 5.69 Å². The van der Waals surface area contributed by atoms with E-state index in [-0.39, 0.29) is 23.9 Å². The molecule has 0 amide bonds. The first-order chi connectivity index (χ1) is 7.22. The summed E-state index contributed by atoms with van der Waals surface area (Å²) in [5.41, 5.74) is -0.330. The van der Waals surface area contributed by atoms with Crippen LogP contribution in [-0.4, -0.2) is 28.5 Å². The van der Waals surface area contributed by atoms with Crippen molar-refractivity contribution in [2.75, 3.05) is 5.75 Å². The fraction of sp³-hybridized carbons (Fsp3) is 0.750. The van der Waals surface area contributed by atoms with Crippen molar-refractivity contribution in [2.24, 2.45) is 7.05 Å². The summed E-state index contributed by atoms with van der Waals surface area (Å²) in [5.74, 6) is 0.423. The van der Waals surface area contributed by atoms with Gasteiger partial charge in [-0.25, -0.2) is 17.9 Å². The van der Waals surface area contributed by atoms with E-state index in [1.54, 1.807) is 7.05 Å². The van der Waals surface area contributed by atoms with Crippen molar-refractivity contribution in [1.82, 2.24) is 14.3 Å². The van der Waals surface area contributed by atoms with Gasteiger partial charge in [-0.3, -0.25) is 4.57 Å². The maximum Gasteiger partial charge on any atom is 0.345 e. The zero-order valence-electron chi connectivity index (χ0n) is 9.34. The molecule has 1 aromatic rings. The van der Waals surface area contributed by atoms with Crippen LogP contribution in [0.5, 0.6) is 0 Å². The lowest BCUT2D eigenvalue weighted by atomic mass is 10.2. The predicted molar refractivity (Wildman–Crippen MR) is 61.2 cm³/mol. The maximum atomic E-state index is 11.6. The van der Waals surface area contributed by atoms with Gasteiger partial charge in [-0.1, -0.05) is 13.8 Å². The normalized spacial score (nSPS) is 12.3. The Hall–Kier alpha value is -0.820. The Labute approximate surface area is 98.3 Å². The number of nitrogens with zero attached hydrogens (tertiary/aromatic N) is 3. The van der Waals surface area contributed by atoms with Crippen LogP contribution in [0.1, 0.15) is 25.6 Å². The number of halogens is 1. The molecular formula is C8H14ClN3O3S. The van der Waals surface area contributed by atoms with Gasteiger partial charge in [0.05, 0.1) is 12.3 Å². The summed E-state index contributed by atoms with van der Waals surface area (Å²) >= 11 is 0. The van der Waals surface area contributed by atoms with Crippen LogP contribution in [0.15, 0.2) is 4.79 Å². The third-order valence-electron chi connectivity index (χ3n) is 2.14. The molecule has 0 aromatic carbocycles. The molecule has 0 N–H and O–H groups in total. The molecule has 0 radical (unpaired) electrons. The van der Waals surface area contributed by atoms with Gasteiger partial charge in [0.15, 0.2) is 0 Å². The summed E-state index contributed by atoms with van der Waals surface area (Å²) in [4.78, 5) is 11.6. The molecule has 0 bridgehead atoms. The summed E-state index contributed by atoms with van der Waals surface area (Å²) < 4.78 is 24.0. The van der Waals surface area contributed by atoms with Crippen LogP contribution in [0.2, 0.25) is 0 Å². The average Bonchev–Trinajstić information content (AvgIpc) is 2.40. The lowest BCUT2D eigenvalue weighted by Crippen LogP contribution is -2.25. The SMILES string of the molecule is CC(C)c1nn(CCS(=O)(=O)Cl)c(=O)n1C. The molecule has 1 heterocycles. The smallest absolute Gasteiger partial charge is 0.282 e. The Morgan fingerprint density at radius 1 is 1.44 bits per heavy atom. The molecule has 0 aliphatic carbocycles. The van der Waals surface area contributed by atoms with E-state index in [2.05, 4.69) is 5.10 Å². The minimum Gasteiger partial charge on any atom is -0.282 e. The van der Waals surface area contributed by atoms with E-state index in [4.69, 9.17) is 10.7 Å². The Morgan fingerprint density at radius 3 is 2.38 bits per heavy atom. The van der Waals surface area contributed by atoms with Gasteiger partial charge in [0, 0.05) is 23.6 Å². The first-order valence-electron chi connectivity index (χ1n) is 4.78. The van der Waals surface area contributed by atoms with Crippen LogP contribution in [0, 0.1) is 0 Å². The predicted octanol–water partition coefficient (Wildman–Crippen LogP) is 0.274. The van der Waals surface area contributed by atoms with Crippen LogP contribution >= 0.6 is 10.7 Å². The van der Waals surface area contributed by atoms with Crippen LogP contribution < -0.4 is 5.69 Å². The highest BCUT2D eigenvalue weighted by Gasteiger charge is 2.14. The zero-order valence-corrected chi connectivity index (χ0v) is 10.9. The van der Waals surface area contributed by atoms with Gasteiger partial charge in [0.1, 0.15) is 5.82 Å². The highest BCUT2D eigenvalue weighted by Crippen LogP contribution is 2.07. The van der Waals surface area contributed by atoms with Crippen molar-refractivity contribution < 1.29 is 8.42 Å². The van der Waals surface area contributed by atoms with Crippen LogP contribution in [0.3, 0.4) is 0 Å². The Balaban J connectivity index is 2.99. The third kappa shape index (κ3) is 3.08. The van der Waals surface area contributed by atoms with E-state index in [1.165, 1.54) is 4.57 Å². The van der Waals surface area contributed by atoms with Gasteiger partial charge < -0.3 is 0 Å². The molecule has 0 saturated heterocycles. The number of hydrogen-bond acceptors (Lipinski definition) is 4. The molecule has 0 unspecified atom stereocenters. The molecule has 1 rings (SSSR count). The second-order valence-corrected chi connectivity index (χ2v) is 6.72. The zero-order chi connectivity index (χ0) is 12.5. The first-order valence-corrected chi connectivity index (χ1v) is 7.26. The highest BCUT2D eigenvalue weighted by atomic mass is 35.7. The topological polar surface area (TPSA) is 74.0 Å². The van der Waals surface area contributed by atoms with Gasteiger partial charge in [-0.05, 0) is 0 Å². The largest absolute Gasteiger partial charge is 0.345 e. The van der Waals surface area contributed by atoms with E-state index in [1.807, 2.05) is 13.8 Å². The molecule has 16 heavy (non-hydrogen) atoms. The van der Waals surface area contributed by atoms with Crippen molar-refractivity contribution in [1.29, 1.82) is 0 Å². The molecule has 6 nitrogen and oxygen atoms in total. The second-order valence-electron chi connectivity index (χ2n) is 3.82. The molecule has 0 fully saturated rings. The number of aromatic nitrogens is 3. The molecule has 0 aliphatic heterocycles. The fourth-order valence-electron chi connectivity index (χ4n) is 1.35. The van der Waals surface area contributed by atoms with E-state index in [0.717, 1.165) is 4.68 Å². The van der Waals surface area contributed by atoms with Crippen LogP contribution in [-0.2, 0) is 22.6 Å². The number of rotatable bonds is 4. The van der Waals surface area contributed by atoms with Gasteiger partial charge in [-0.15, -0.1) is 0 Å². The lowest BCUT2D eigenvalue weighted by molar-refractivity contribution is 0.582. The molecule has 0 saturated carbocycles. The summed E-state index contributed by atoms with van der Waals surface area (Å²) in [7, 11) is 3.07. The molecule has 92 valence electrons. The number of hydrogen-bond donors (Lipinski definition) is 0. The Bertz CT molecular complexity index is 529. The summed E-state index contributed by atoms with van der Waals surface area (Å²) in [6.07, 6.45) is 0. The van der Waals surface area contributed by atoms with Crippen LogP contribution in [0.25, 0.3) is 0 Å². The van der Waals surface area contributed by atoms with Crippen molar-refractivity contribution in [2.45, 2.75) is 26.3 Å². The van der Waals surface area contributed by atoms with E-state index in [9.17, 15) is 13.2 Å². The molecule has 8 heteroatoms. The van der Waals surface area contributed by atoms with Crippen molar-refractivity contribution in [3.05, 3.63) is 16.3 Å². The van der Waals surface area contributed by atoms with Crippen molar-refractivity contribution >= 4 is 19.7 Å².